The molecule has 1 atom stereocenters. The largest absolute Gasteiger partial charge is 0.355 e. The van der Waals surface area contributed by atoms with Gasteiger partial charge in [-0.3, -0.25) is 4.79 Å². The molecule has 1 amide bonds. The van der Waals surface area contributed by atoms with E-state index in [1.807, 2.05) is 18.4 Å². The molecule has 0 bridgehead atoms. The van der Waals surface area contributed by atoms with Gasteiger partial charge < -0.3 is 9.88 Å². The summed E-state index contributed by atoms with van der Waals surface area (Å²) in [6.07, 6.45) is 11.3. The molecule has 2 saturated carbocycles. The van der Waals surface area contributed by atoms with Crippen molar-refractivity contribution < 1.29 is 13.2 Å². The van der Waals surface area contributed by atoms with Crippen LogP contribution < -0.4 is 5.32 Å². The van der Waals surface area contributed by atoms with Crippen molar-refractivity contribution in [1.29, 1.82) is 0 Å². The summed E-state index contributed by atoms with van der Waals surface area (Å²) in [5.41, 5.74) is 1.64. The smallest absolute Gasteiger partial charge is 0.238 e. The first-order chi connectivity index (χ1) is 13.3. The Morgan fingerprint density at radius 3 is 2.25 bits per heavy atom. The van der Waals surface area contributed by atoms with Gasteiger partial charge in [0.1, 0.15) is 5.25 Å². The fourth-order valence-corrected chi connectivity index (χ4v) is 6.15. The Kier molecular flexibility index (Phi) is 6.84. The Morgan fingerprint density at radius 1 is 1.07 bits per heavy atom. The molecule has 0 radical (unpaired) electrons. The average Bonchev–Trinajstić information content (AvgIpc) is 3.02. The van der Waals surface area contributed by atoms with Gasteiger partial charge in [0, 0.05) is 18.3 Å². The highest BCUT2D eigenvalue weighted by Gasteiger charge is 2.36. The van der Waals surface area contributed by atoms with E-state index in [4.69, 9.17) is 0 Å². The predicted molar refractivity (Wildman–Crippen MR) is 110 cm³/mol. The van der Waals surface area contributed by atoms with Gasteiger partial charge in [0.15, 0.2) is 0 Å². The third kappa shape index (κ3) is 4.44. The molecule has 2 aliphatic rings. The van der Waals surface area contributed by atoms with Crippen LogP contribution in [0.5, 0.6) is 0 Å². The van der Waals surface area contributed by atoms with Crippen LogP contribution in [0.3, 0.4) is 0 Å². The quantitative estimate of drug-likeness (QED) is 0.773. The summed E-state index contributed by atoms with van der Waals surface area (Å²) in [4.78, 5) is 17.1. The summed E-state index contributed by atoms with van der Waals surface area (Å²) < 4.78 is 28.5. The molecule has 7 heteroatoms. The molecule has 6 nitrogen and oxygen atoms in total. The first-order valence-corrected chi connectivity index (χ1v) is 12.4. The van der Waals surface area contributed by atoms with Crippen molar-refractivity contribution in [2.45, 2.75) is 101 Å². The predicted octanol–water partition coefficient (Wildman–Crippen LogP) is 3.86. The summed E-state index contributed by atoms with van der Waals surface area (Å²) in [6, 6.07) is 0.164. The number of aromatic nitrogens is 2. The second-order valence-corrected chi connectivity index (χ2v) is 10.8. The van der Waals surface area contributed by atoms with E-state index in [0.29, 0.717) is 12.5 Å². The minimum Gasteiger partial charge on any atom is -0.355 e. The molecule has 2 aliphatic carbocycles. The number of carbonyl (C=O) groups excluding carboxylic acids is 1. The lowest BCUT2D eigenvalue weighted by Crippen LogP contribution is -2.41. The topological polar surface area (TPSA) is 81.1 Å². The van der Waals surface area contributed by atoms with Crippen molar-refractivity contribution in [3.63, 3.8) is 0 Å². The summed E-state index contributed by atoms with van der Waals surface area (Å²) in [5.74, 6) is 0.0698. The third-order valence-electron chi connectivity index (χ3n) is 6.67. The van der Waals surface area contributed by atoms with Gasteiger partial charge in [0.25, 0.3) is 0 Å². The van der Waals surface area contributed by atoms with E-state index in [1.165, 1.54) is 32.6 Å². The Hall–Kier alpha value is -1.37. The lowest BCUT2D eigenvalue weighted by molar-refractivity contribution is -0.120. The standard InChI is InChI=1S/C21H35N3O3S/c1-15-16(2)24(19-12-8-5-9-13-19)21(23-15)28(26,27)17(3)20(25)22-14-18-10-6-4-7-11-18/h17-19H,4-14H2,1-3H3,(H,22,25). The number of hydrogen-bond acceptors (Lipinski definition) is 4. The molecule has 0 saturated heterocycles. The molecular weight excluding hydrogens is 374 g/mol. The van der Waals surface area contributed by atoms with Gasteiger partial charge in [-0.05, 0) is 52.4 Å². The second-order valence-electron chi connectivity index (χ2n) is 8.66. The Morgan fingerprint density at radius 2 is 1.64 bits per heavy atom. The first kappa shape index (κ1) is 21.3. The number of hydrogen-bond donors (Lipinski definition) is 1. The monoisotopic (exact) mass is 409 g/mol. The zero-order valence-electron chi connectivity index (χ0n) is 17.5. The van der Waals surface area contributed by atoms with Crippen molar-refractivity contribution in [2.24, 2.45) is 5.92 Å². The molecule has 28 heavy (non-hydrogen) atoms. The maximum Gasteiger partial charge on any atom is 0.238 e. The molecule has 1 heterocycles. The second kappa shape index (κ2) is 8.97. The third-order valence-corrected chi connectivity index (χ3v) is 8.62. The van der Waals surface area contributed by atoms with Crippen LogP contribution in [0.15, 0.2) is 5.16 Å². The fraction of sp³-hybridized carbons (Fsp3) is 0.810. The number of aryl methyl sites for hydroxylation is 1. The van der Waals surface area contributed by atoms with Gasteiger partial charge in [-0.15, -0.1) is 0 Å². The van der Waals surface area contributed by atoms with Crippen LogP contribution in [0.4, 0.5) is 0 Å². The number of imidazole rings is 1. The van der Waals surface area contributed by atoms with Crippen LogP contribution in [0, 0.1) is 19.8 Å². The van der Waals surface area contributed by atoms with Gasteiger partial charge in [-0.25, -0.2) is 13.4 Å². The van der Waals surface area contributed by atoms with E-state index in [-0.39, 0.29) is 11.2 Å². The SMILES string of the molecule is Cc1nc(S(=O)(=O)C(C)C(=O)NCC2CCCCC2)n(C2CCCCC2)c1C. The van der Waals surface area contributed by atoms with Crippen LogP contribution in [0.1, 0.15) is 88.6 Å². The van der Waals surface area contributed by atoms with E-state index in [2.05, 4.69) is 10.3 Å². The zero-order chi connectivity index (χ0) is 20.3. The van der Waals surface area contributed by atoms with Gasteiger partial charge in [0.2, 0.25) is 20.9 Å². The lowest BCUT2D eigenvalue weighted by atomic mass is 9.89. The van der Waals surface area contributed by atoms with Crippen LogP contribution in [0.25, 0.3) is 0 Å². The number of nitrogens with one attached hydrogen (secondary N) is 1. The van der Waals surface area contributed by atoms with Crippen molar-refractivity contribution in [2.75, 3.05) is 6.54 Å². The van der Waals surface area contributed by atoms with E-state index in [1.54, 1.807) is 0 Å². The van der Waals surface area contributed by atoms with Crippen molar-refractivity contribution in [3.05, 3.63) is 11.4 Å². The Labute approximate surface area is 169 Å². The molecule has 0 aliphatic heterocycles. The van der Waals surface area contributed by atoms with Gasteiger partial charge in [-0.2, -0.15) is 0 Å². The summed E-state index contributed by atoms with van der Waals surface area (Å²) in [5, 5.41) is 1.85. The Bertz CT molecular complexity index is 788. The fourth-order valence-electron chi connectivity index (χ4n) is 4.64. The maximum atomic E-state index is 13.3. The van der Waals surface area contributed by atoms with Crippen LogP contribution >= 0.6 is 0 Å². The molecule has 1 aromatic heterocycles. The first-order valence-electron chi connectivity index (χ1n) is 10.9. The molecule has 0 aromatic carbocycles. The lowest BCUT2D eigenvalue weighted by Gasteiger charge is -2.27. The Balaban J connectivity index is 1.77. The molecule has 0 spiro atoms. The van der Waals surface area contributed by atoms with Crippen molar-refractivity contribution in [1.82, 2.24) is 14.9 Å². The van der Waals surface area contributed by atoms with Gasteiger partial charge in [0.05, 0.1) is 5.69 Å². The van der Waals surface area contributed by atoms with Crippen LogP contribution in [-0.2, 0) is 14.6 Å². The minimum absolute atomic E-state index is 0.0784. The molecular formula is C21H35N3O3S. The molecule has 1 N–H and O–H groups in total. The van der Waals surface area contributed by atoms with E-state index in [0.717, 1.165) is 49.9 Å². The number of carbonyl (C=O) groups is 1. The zero-order valence-corrected chi connectivity index (χ0v) is 18.4. The van der Waals surface area contributed by atoms with Gasteiger partial charge in [-0.1, -0.05) is 38.5 Å². The molecule has 3 rings (SSSR count). The highest BCUT2D eigenvalue weighted by atomic mass is 32.2. The van der Waals surface area contributed by atoms with Crippen LogP contribution in [-0.4, -0.2) is 35.7 Å². The summed E-state index contributed by atoms with van der Waals surface area (Å²) in [7, 11) is -3.83. The molecule has 1 aromatic rings. The minimum atomic E-state index is -3.83. The highest BCUT2D eigenvalue weighted by molar-refractivity contribution is 7.92. The molecule has 2 fully saturated rings. The number of nitrogens with zero attached hydrogens (tertiary/aromatic N) is 2. The molecule has 1 unspecified atom stereocenters. The number of sulfone groups is 1. The van der Waals surface area contributed by atoms with Crippen LogP contribution in [0.2, 0.25) is 0 Å². The van der Waals surface area contributed by atoms with Crippen molar-refractivity contribution >= 4 is 15.7 Å². The highest BCUT2D eigenvalue weighted by Crippen LogP contribution is 2.33. The normalized spacial score (nSPS) is 20.8. The van der Waals surface area contributed by atoms with Gasteiger partial charge >= 0.3 is 0 Å². The molecule has 158 valence electrons. The number of rotatable bonds is 6. The summed E-state index contributed by atoms with van der Waals surface area (Å²) in [6.45, 7) is 5.86. The van der Waals surface area contributed by atoms with E-state index < -0.39 is 21.0 Å². The maximum absolute atomic E-state index is 13.3. The van der Waals surface area contributed by atoms with E-state index in [9.17, 15) is 13.2 Å². The summed E-state index contributed by atoms with van der Waals surface area (Å²) >= 11 is 0. The van der Waals surface area contributed by atoms with Crippen molar-refractivity contribution in [3.8, 4) is 0 Å². The van der Waals surface area contributed by atoms with E-state index >= 15 is 0 Å². The average molecular weight is 410 g/mol. The number of amides is 1.